The Kier molecular flexibility index (Phi) is 9.68. The molecule has 1 heterocycles. The van der Waals surface area contributed by atoms with E-state index in [4.69, 9.17) is 11.6 Å². The Hall–Kier alpha value is -1.99. The third-order valence-electron chi connectivity index (χ3n) is 6.09. The quantitative estimate of drug-likeness (QED) is 0.255. The molecule has 0 saturated heterocycles. The maximum atomic E-state index is 12.4. The number of ketones is 1. The van der Waals surface area contributed by atoms with Gasteiger partial charge in [0.1, 0.15) is 6.10 Å². The van der Waals surface area contributed by atoms with E-state index < -0.39 is 12.2 Å². The van der Waals surface area contributed by atoms with E-state index in [9.17, 15) is 19.8 Å². The molecule has 4 atom stereocenters. The Balaban J connectivity index is 1.50. The first-order chi connectivity index (χ1) is 15.9. The summed E-state index contributed by atoms with van der Waals surface area (Å²) in [5.41, 5.74) is 0. The molecule has 1 saturated carbocycles. The lowest BCUT2D eigenvalue weighted by atomic mass is 9.91. The molecule has 0 spiro atoms. The van der Waals surface area contributed by atoms with Crippen molar-refractivity contribution in [1.82, 2.24) is 0 Å². The number of fused-ring (bicyclic) bond motifs is 1. The number of hydrogen-bond acceptors (Lipinski definition) is 6. The van der Waals surface area contributed by atoms with Gasteiger partial charge in [-0.05, 0) is 50.5 Å². The average Bonchev–Trinajstić information content (AvgIpc) is 3.28. The number of benzene rings is 1. The first kappa shape index (κ1) is 25.6. The van der Waals surface area contributed by atoms with Crippen LogP contribution in [0.5, 0.6) is 0 Å². The van der Waals surface area contributed by atoms with Gasteiger partial charge >= 0.3 is 5.97 Å². The van der Waals surface area contributed by atoms with Gasteiger partial charge < -0.3 is 14.9 Å². The Bertz CT molecular complexity index is 1010. The first-order valence-electron chi connectivity index (χ1n) is 11.4. The minimum absolute atomic E-state index is 0.102. The van der Waals surface area contributed by atoms with Gasteiger partial charge in [-0.3, -0.25) is 9.59 Å². The van der Waals surface area contributed by atoms with E-state index in [1.54, 1.807) is 17.4 Å². The maximum Gasteiger partial charge on any atom is 0.305 e. The zero-order valence-corrected chi connectivity index (χ0v) is 20.4. The van der Waals surface area contributed by atoms with E-state index in [0.29, 0.717) is 38.5 Å². The molecule has 0 amide bonds. The summed E-state index contributed by atoms with van der Waals surface area (Å²) in [6.45, 7) is 0. The minimum Gasteiger partial charge on any atom is -0.469 e. The number of unbranched alkanes of at least 4 members (excludes halogenated alkanes) is 1. The van der Waals surface area contributed by atoms with Gasteiger partial charge in [-0.25, -0.2) is 0 Å². The molecule has 7 heteroatoms. The van der Waals surface area contributed by atoms with Gasteiger partial charge in [0, 0.05) is 27.3 Å². The van der Waals surface area contributed by atoms with Crippen LogP contribution in [0.2, 0.25) is 5.02 Å². The van der Waals surface area contributed by atoms with Crippen molar-refractivity contribution in [3.8, 4) is 0 Å². The number of carbonyl (C=O) groups is 2. The molecule has 1 aliphatic carbocycles. The minimum atomic E-state index is -0.952. The predicted octanol–water partition coefficient (Wildman–Crippen LogP) is 5.26. The van der Waals surface area contributed by atoms with Gasteiger partial charge in [0.25, 0.3) is 0 Å². The number of esters is 1. The van der Waals surface area contributed by atoms with E-state index in [2.05, 4.69) is 4.74 Å². The molecule has 5 nitrogen and oxygen atoms in total. The highest BCUT2D eigenvalue weighted by Crippen LogP contribution is 2.36. The van der Waals surface area contributed by atoms with Crippen LogP contribution in [0.3, 0.4) is 0 Å². The highest BCUT2D eigenvalue weighted by atomic mass is 35.5. The molecule has 2 aromatic rings. The van der Waals surface area contributed by atoms with Crippen molar-refractivity contribution in [3.63, 3.8) is 0 Å². The van der Waals surface area contributed by atoms with Gasteiger partial charge in [-0.15, -0.1) is 11.3 Å². The number of Topliss-reactive ketones (excluding diaryl/α,β-unsaturated/α-hetero) is 1. The molecule has 0 bridgehead atoms. The lowest BCUT2D eigenvalue weighted by Crippen LogP contribution is -2.19. The fraction of sp³-hybridized carbons (Fsp3) is 0.462. The molecule has 1 fully saturated rings. The van der Waals surface area contributed by atoms with E-state index in [1.807, 2.05) is 42.5 Å². The van der Waals surface area contributed by atoms with Crippen molar-refractivity contribution in [1.29, 1.82) is 0 Å². The molecule has 1 aromatic carbocycles. The van der Waals surface area contributed by atoms with Crippen LogP contribution in [0.25, 0.3) is 10.1 Å². The van der Waals surface area contributed by atoms with Crippen LogP contribution in [0.4, 0.5) is 0 Å². The number of methoxy groups -OCH3 is 1. The number of thiophene rings is 1. The SMILES string of the molecule is COC(=O)CCCC=CC[C@H]1C(=O)C(O)C[C@@H]1C=CC(O)CCc1sc2ccccc2c1Cl. The second kappa shape index (κ2) is 12.5. The fourth-order valence-corrected chi connectivity index (χ4v) is 5.74. The Morgan fingerprint density at radius 1 is 1.33 bits per heavy atom. The lowest BCUT2D eigenvalue weighted by molar-refractivity contribution is -0.140. The summed E-state index contributed by atoms with van der Waals surface area (Å²) in [4.78, 5) is 24.6. The Morgan fingerprint density at radius 2 is 2.12 bits per heavy atom. The summed E-state index contributed by atoms with van der Waals surface area (Å²) in [6.07, 6.45) is 9.86. The third-order valence-corrected chi connectivity index (χ3v) is 7.87. The number of allylic oxidation sites excluding steroid dienone is 3. The second-order valence-electron chi connectivity index (χ2n) is 8.43. The molecule has 0 aliphatic heterocycles. The summed E-state index contributed by atoms with van der Waals surface area (Å²) in [5.74, 6) is -0.765. The molecule has 3 rings (SSSR count). The van der Waals surface area contributed by atoms with Crippen LogP contribution in [0, 0.1) is 11.8 Å². The number of hydrogen-bond donors (Lipinski definition) is 2. The Morgan fingerprint density at radius 3 is 2.88 bits per heavy atom. The normalized spacial score (nSPS) is 22.1. The smallest absolute Gasteiger partial charge is 0.305 e. The molecule has 33 heavy (non-hydrogen) atoms. The number of halogens is 1. The largest absolute Gasteiger partial charge is 0.469 e. The molecule has 2 unspecified atom stereocenters. The highest BCUT2D eigenvalue weighted by Gasteiger charge is 2.39. The number of aryl methyl sites for hydroxylation is 1. The van der Waals surface area contributed by atoms with Crippen LogP contribution in [-0.2, 0) is 20.7 Å². The van der Waals surface area contributed by atoms with Gasteiger partial charge in [0.2, 0.25) is 0 Å². The van der Waals surface area contributed by atoms with Gasteiger partial charge in [0.15, 0.2) is 5.78 Å². The van der Waals surface area contributed by atoms with E-state index >= 15 is 0 Å². The van der Waals surface area contributed by atoms with Crippen molar-refractivity contribution < 1.29 is 24.5 Å². The maximum absolute atomic E-state index is 12.4. The van der Waals surface area contributed by atoms with Gasteiger partial charge in [-0.1, -0.05) is 54.1 Å². The number of rotatable bonds is 11. The molecule has 1 aromatic heterocycles. The van der Waals surface area contributed by atoms with Crippen LogP contribution in [0.1, 0.15) is 43.4 Å². The molecule has 178 valence electrons. The van der Waals surface area contributed by atoms with Crippen molar-refractivity contribution in [2.45, 2.75) is 57.2 Å². The van der Waals surface area contributed by atoms with Crippen LogP contribution in [-0.4, -0.2) is 41.3 Å². The molecular formula is C26H31ClO5S. The zero-order valence-electron chi connectivity index (χ0n) is 18.8. The third kappa shape index (κ3) is 7.00. The topological polar surface area (TPSA) is 83.8 Å². The van der Waals surface area contributed by atoms with Crippen molar-refractivity contribution in [2.75, 3.05) is 7.11 Å². The van der Waals surface area contributed by atoms with E-state index in [-0.39, 0.29) is 23.6 Å². The van der Waals surface area contributed by atoms with Crippen LogP contribution >= 0.6 is 22.9 Å². The zero-order chi connectivity index (χ0) is 23.8. The summed E-state index contributed by atoms with van der Waals surface area (Å²) >= 11 is 8.14. The predicted molar refractivity (Wildman–Crippen MR) is 133 cm³/mol. The molecule has 2 N–H and O–H groups in total. The summed E-state index contributed by atoms with van der Waals surface area (Å²) in [5, 5.41) is 22.3. The first-order valence-corrected chi connectivity index (χ1v) is 12.6. The molecular weight excluding hydrogens is 460 g/mol. The van der Waals surface area contributed by atoms with Gasteiger partial charge in [-0.2, -0.15) is 0 Å². The molecule has 0 radical (unpaired) electrons. The van der Waals surface area contributed by atoms with E-state index in [1.165, 1.54) is 7.11 Å². The van der Waals surface area contributed by atoms with Gasteiger partial charge in [0.05, 0.1) is 18.2 Å². The molecule has 1 aliphatic rings. The van der Waals surface area contributed by atoms with Crippen LogP contribution < -0.4 is 0 Å². The standard InChI is InChI=1S/C26H31ClO5S/c1-32-24(30)11-5-3-2-4-8-19-17(16-21(29)26(19)31)12-13-18(28)14-15-23-25(27)20-9-6-7-10-22(20)33-23/h2,4,6-7,9-10,12-13,17-19,21,28-29H,3,5,8,11,14-16H2,1H3/t17-,18?,19+,21?/m0/s1. The number of aliphatic hydroxyl groups excluding tert-OH is 2. The number of ether oxygens (including phenoxy) is 1. The van der Waals surface area contributed by atoms with Crippen molar-refractivity contribution in [2.24, 2.45) is 11.8 Å². The van der Waals surface area contributed by atoms with Crippen LogP contribution in [0.15, 0.2) is 48.6 Å². The van der Waals surface area contributed by atoms with Crippen molar-refractivity contribution in [3.05, 3.63) is 58.5 Å². The lowest BCUT2D eigenvalue weighted by Gasteiger charge is -2.13. The fourth-order valence-electron chi connectivity index (χ4n) is 4.20. The summed E-state index contributed by atoms with van der Waals surface area (Å²) in [7, 11) is 1.37. The average molecular weight is 491 g/mol. The number of carbonyl (C=O) groups excluding carboxylic acids is 2. The number of aliphatic hydroxyl groups is 2. The van der Waals surface area contributed by atoms with Crippen molar-refractivity contribution >= 4 is 44.8 Å². The van der Waals surface area contributed by atoms with E-state index in [0.717, 1.165) is 26.4 Å². The summed E-state index contributed by atoms with van der Waals surface area (Å²) in [6, 6.07) is 8.00. The highest BCUT2D eigenvalue weighted by molar-refractivity contribution is 7.19. The monoisotopic (exact) mass is 490 g/mol. The summed E-state index contributed by atoms with van der Waals surface area (Å²) < 4.78 is 5.76. The Labute approximate surface area is 203 Å². The second-order valence-corrected chi connectivity index (χ2v) is 9.94.